The Labute approximate surface area is 122 Å². The molecule has 1 aromatic rings. The number of benzene rings is 1. The van der Waals surface area contributed by atoms with Gasteiger partial charge in [0.05, 0.1) is 5.56 Å². The van der Waals surface area contributed by atoms with Crippen molar-refractivity contribution in [3.8, 4) is 0 Å². The van der Waals surface area contributed by atoms with E-state index in [1.807, 2.05) is 0 Å². The summed E-state index contributed by atoms with van der Waals surface area (Å²) in [6.07, 6.45) is 0. The van der Waals surface area contributed by atoms with Crippen molar-refractivity contribution in [2.75, 3.05) is 38.0 Å². The fourth-order valence-electron chi connectivity index (χ4n) is 2.24. The number of rotatable bonds is 3. The van der Waals surface area contributed by atoms with Crippen LogP contribution in [0.25, 0.3) is 0 Å². The Bertz CT molecular complexity index is 542. The van der Waals surface area contributed by atoms with Crippen LogP contribution in [0.3, 0.4) is 0 Å². The number of hydrogen-bond donors (Lipinski definition) is 2. The fraction of sp³-hybridized carbons (Fsp3) is 0.429. The summed E-state index contributed by atoms with van der Waals surface area (Å²) in [5, 5.41) is 11.5. The van der Waals surface area contributed by atoms with Crippen LogP contribution >= 0.6 is 0 Å². The summed E-state index contributed by atoms with van der Waals surface area (Å²) in [7, 11) is 0. The zero-order valence-electron chi connectivity index (χ0n) is 11.8. The predicted molar refractivity (Wildman–Crippen MR) is 76.1 cm³/mol. The van der Waals surface area contributed by atoms with Crippen molar-refractivity contribution in [2.24, 2.45) is 0 Å². The Morgan fingerprint density at radius 2 is 1.95 bits per heavy atom. The Morgan fingerprint density at radius 1 is 1.29 bits per heavy atom. The van der Waals surface area contributed by atoms with Crippen molar-refractivity contribution in [3.05, 3.63) is 29.6 Å². The summed E-state index contributed by atoms with van der Waals surface area (Å²) >= 11 is 0. The van der Waals surface area contributed by atoms with Gasteiger partial charge in [-0.1, -0.05) is 6.92 Å². The second-order valence-corrected chi connectivity index (χ2v) is 4.85. The van der Waals surface area contributed by atoms with Gasteiger partial charge in [-0.05, 0) is 24.7 Å². The van der Waals surface area contributed by atoms with Crippen LogP contribution in [0.5, 0.6) is 0 Å². The number of carboxylic acids is 1. The van der Waals surface area contributed by atoms with E-state index in [0.29, 0.717) is 13.1 Å². The van der Waals surface area contributed by atoms with E-state index in [0.717, 1.165) is 31.8 Å². The van der Waals surface area contributed by atoms with Crippen molar-refractivity contribution < 1.29 is 19.1 Å². The third-order valence-corrected chi connectivity index (χ3v) is 3.55. The molecule has 0 saturated carbocycles. The van der Waals surface area contributed by atoms with E-state index < -0.39 is 17.3 Å². The number of likely N-dealkylation sites (N-methyl/N-ethyl adjacent to an activating group) is 1. The number of carboxylic acid groups (broad SMARTS) is 1. The van der Waals surface area contributed by atoms with Crippen molar-refractivity contribution in [3.63, 3.8) is 0 Å². The topological polar surface area (TPSA) is 72.9 Å². The number of halogens is 1. The third kappa shape index (κ3) is 3.69. The molecule has 0 aliphatic carbocycles. The number of hydrogen-bond acceptors (Lipinski definition) is 3. The molecule has 1 aromatic carbocycles. The van der Waals surface area contributed by atoms with Gasteiger partial charge in [-0.2, -0.15) is 0 Å². The molecule has 7 heteroatoms. The number of carbonyl (C=O) groups excluding carboxylic acids is 1. The summed E-state index contributed by atoms with van der Waals surface area (Å²) in [4.78, 5) is 26.8. The molecule has 1 fully saturated rings. The van der Waals surface area contributed by atoms with Gasteiger partial charge in [-0.15, -0.1) is 0 Å². The summed E-state index contributed by atoms with van der Waals surface area (Å²) < 4.78 is 13.3. The minimum atomic E-state index is -1.36. The lowest BCUT2D eigenvalue weighted by Gasteiger charge is -2.34. The lowest BCUT2D eigenvalue weighted by molar-refractivity contribution is 0.0692. The van der Waals surface area contributed by atoms with Gasteiger partial charge in [-0.3, -0.25) is 0 Å². The van der Waals surface area contributed by atoms with Gasteiger partial charge in [0, 0.05) is 31.9 Å². The van der Waals surface area contributed by atoms with Gasteiger partial charge in [0.2, 0.25) is 0 Å². The Balaban J connectivity index is 2.00. The SMILES string of the molecule is CCN1CCN(C(=O)Nc2ccc(F)c(C(=O)O)c2)CC1. The first-order chi connectivity index (χ1) is 10.0. The molecule has 6 nitrogen and oxygen atoms in total. The van der Waals surface area contributed by atoms with Gasteiger partial charge < -0.3 is 20.2 Å². The van der Waals surface area contributed by atoms with Crippen LogP contribution in [0.15, 0.2) is 18.2 Å². The highest BCUT2D eigenvalue weighted by Gasteiger charge is 2.20. The number of anilines is 1. The third-order valence-electron chi connectivity index (χ3n) is 3.55. The van der Waals surface area contributed by atoms with Crippen LogP contribution in [0.4, 0.5) is 14.9 Å². The molecule has 0 unspecified atom stereocenters. The normalized spacial score (nSPS) is 15.8. The van der Waals surface area contributed by atoms with Crippen LogP contribution in [0.2, 0.25) is 0 Å². The Morgan fingerprint density at radius 3 is 2.52 bits per heavy atom. The molecule has 0 atom stereocenters. The molecule has 1 saturated heterocycles. The number of piperazine rings is 1. The maximum absolute atomic E-state index is 13.3. The zero-order valence-corrected chi connectivity index (χ0v) is 11.8. The molecule has 114 valence electrons. The highest BCUT2D eigenvalue weighted by molar-refractivity contribution is 5.93. The summed E-state index contributed by atoms with van der Waals surface area (Å²) in [5.41, 5.74) is -0.180. The molecule has 1 aliphatic heterocycles. The number of nitrogens with one attached hydrogen (secondary N) is 1. The summed E-state index contributed by atoms with van der Waals surface area (Å²) in [6.45, 7) is 5.89. The smallest absolute Gasteiger partial charge is 0.338 e. The fourth-order valence-corrected chi connectivity index (χ4v) is 2.24. The van der Waals surface area contributed by atoms with Gasteiger partial charge in [0.25, 0.3) is 0 Å². The second-order valence-electron chi connectivity index (χ2n) is 4.85. The molecule has 2 N–H and O–H groups in total. The average Bonchev–Trinajstić information content (AvgIpc) is 2.49. The predicted octanol–water partition coefficient (Wildman–Crippen LogP) is 1.69. The van der Waals surface area contributed by atoms with E-state index in [-0.39, 0.29) is 11.7 Å². The van der Waals surface area contributed by atoms with Gasteiger partial charge in [0.1, 0.15) is 5.82 Å². The van der Waals surface area contributed by atoms with Gasteiger partial charge in [-0.25, -0.2) is 14.0 Å². The van der Waals surface area contributed by atoms with E-state index in [1.54, 1.807) is 4.90 Å². The lowest BCUT2D eigenvalue weighted by Crippen LogP contribution is -2.49. The molecule has 0 bridgehead atoms. The molecular formula is C14H18FN3O3. The van der Waals surface area contributed by atoms with E-state index in [2.05, 4.69) is 17.1 Å². The van der Waals surface area contributed by atoms with Crippen LogP contribution in [0, 0.1) is 5.82 Å². The first-order valence-electron chi connectivity index (χ1n) is 6.82. The number of nitrogens with zero attached hydrogens (tertiary/aromatic N) is 2. The van der Waals surface area contributed by atoms with Gasteiger partial charge >= 0.3 is 12.0 Å². The van der Waals surface area contributed by atoms with E-state index in [1.165, 1.54) is 6.07 Å². The molecule has 2 amide bonds. The molecule has 1 heterocycles. The van der Waals surface area contributed by atoms with Crippen LogP contribution in [0.1, 0.15) is 17.3 Å². The summed E-state index contributed by atoms with van der Waals surface area (Å²) in [6, 6.07) is 3.21. The Kier molecular flexibility index (Phi) is 4.74. The van der Waals surface area contributed by atoms with Crippen molar-refractivity contribution in [2.45, 2.75) is 6.92 Å². The number of carbonyl (C=O) groups is 2. The quantitative estimate of drug-likeness (QED) is 0.890. The number of amides is 2. The monoisotopic (exact) mass is 295 g/mol. The molecule has 1 aliphatic rings. The highest BCUT2D eigenvalue weighted by atomic mass is 19.1. The van der Waals surface area contributed by atoms with Crippen molar-refractivity contribution in [1.29, 1.82) is 0 Å². The maximum Gasteiger partial charge on any atom is 0.338 e. The number of urea groups is 1. The average molecular weight is 295 g/mol. The standard InChI is InChI=1S/C14H18FN3O3/c1-2-17-5-7-18(8-6-17)14(21)16-10-3-4-12(15)11(9-10)13(19)20/h3-4,9H,2,5-8H2,1H3,(H,16,21)(H,19,20). The second kappa shape index (κ2) is 6.53. The van der Waals surface area contributed by atoms with E-state index >= 15 is 0 Å². The first kappa shape index (κ1) is 15.2. The molecular weight excluding hydrogens is 277 g/mol. The molecule has 0 radical (unpaired) electrons. The number of aromatic carboxylic acids is 1. The van der Waals surface area contributed by atoms with Crippen LogP contribution < -0.4 is 5.32 Å². The van der Waals surface area contributed by atoms with Crippen molar-refractivity contribution >= 4 is 17.7 Å². The maximum atomic E-state index is 13.3. The van der Waals surface area contributed by atoms with E-state index in [4.69, 9.17) is 5.11 Å². The summed E-state index contributed by atoms with van der Waals surface area (Å²) in [5.74, 6) is -2.18. The lowest BCUT2D eigenvalue weighted by atomic mass is 10.2. The largest absolute Gasteiger partial charge is 0.478 e. The molecule has 0 spiro atoms. The Hall–Kier alpha value is -2.15. The van der Waals surface area contributed by atoms with Crippen molar-refractivity contribution in [1.82, 2.24) is 9.80 Å². The van der Waals surface area contributed by atoms with Crippen LogP contribution in [-0.2, 0) is 0 Å². The molecule has 21 heavy (non-hydrogen) atoms. The molecule has 2 rings (SSSR count). The van der Waals surface area contributed by atoms with E-state index in [9.17, 15) is 14.0 Å². The minimum absolute atomic E-state index is 0.275. The minimum Gasteiger partial charge on any atom is -0.478 e. The van der Waals surface area contributed by atoms with Gasteiger partial charge in [0.15, 0.2) is 0 Å². The zero-order chi connectivity index (χ0) is 15.4. The molecule has 0 aromatic heterocycles. The van der Waals surface area contributed by atoms with Crippen LogP contribution in [-0.4, -0.2) is 59.6 Å². The highest BCUT2D eigenvalue weighted by Crippen LogP contribution is 2.15. The first-order valence-corrected chi connectivity index (χ1v) is 6.82.